The Morgan fingerprint density at radius 3 is 2.31 bits per heavy atom. The van der Waals surface area contributed by atoms with Crippen molar-refractivity contribution in [2.45, 2.75) is 25.2 Å². The van der Waals surface area contributed by atoms with Crippen molar-refractivity contribution >= 4 is 0 Å². The number of fused-ring (bicyclic) bond motifs is 3. The van der Waals surface area contributed by atoms with Crippen molar-refractivity contribution in [3.63, 3.8) is 0 Å². The standard InChI is InChI=1S/C26H22/c1-19-16-17-23-22-14-8-9-15-24(22)26(25(23)18-19,20-10-4-2-5-11-20)21-12-6-3-7-13-21/h2,4-6,8-18H,3,7H2,1H3. The van der Waals surface area contributed by atoms with Crippen LogP contribution in [0, 0.1) is 6.92 Å². The first-order chi connectivity index (χ1) is 12.8. The fraction of sp³-hybridized carbons (Fsp3) is 0.154. The Kier molecular flexibility index (Phi) is 3.46. The summed E-state index contributed by atoms with van der Waals surface area (Å²) < 4.78 is 0. The van der Waals surface area contributed by atoms with Gasteiger partial charge in [-0.05, 0) is 53.2 Å². The maximum absolute atomic E-state index is 2.45. The minimum Gasteiger partial charge on any atom is -0.0839 e. The van der Waals surface area contributed by atoms with E-state index in [0.717, 1.165) is 12.8 Å². The van der Waals surface area contributed by atoms with Crippen molar-refractivity contribution in [2.24, 2.45) is 0 Å². The molecule has 2 aliphatic carbocycles. The molecule has 0 fully saturated rings. The molecule has 0 heteroatoms. The third-order valence-corrected chi connectivity index (χ3v) is 5.84. The number of allylic oxidation sites excluding steroid dienone is 4. The van der Waals surface area contributed by atoms with Crippen LogP contribution in [-0.2, 0) is 5.41 Å². The molecule has 26 heavy (non-hydrogen) atoms. The second kappa shape index (κ2) is 5.85. The zero-order valence-electron chi connectivity index (χ0n) is 15.1. The lowest BCUT2D eigenvalue weighted by Gasteiger charge is -2.35. The van der Waals surface area contributed by atoms with Crippen LogP contribution >= 0.6 is 0 Å². The van der Waals surface area contributed by atoms with Crippen LogP contribution in [0.5, 0.6) is 0 Å². The number of benzene rings is 3. The first kappa shape index (κ1) is 15.4. The van der Waals surface area contributed by atoms with Crippen molar-refractivity contribution in [1.82, 2.24) is 0 Å². The van der Waals surface area contributed by atoms with Crippen molar-refractivity contribution in [3.05, 3.63) is 119 Å². The summed E-state index contributed by atoms with van der Waals surface area (Å²) >= 11 is 0. The van der Waals surface area contributed by atoms with Crippen LogP contribution in [0.15, 0.2) is 96.6 Å². The van der Waals surface area contributed by atoms with E-state index in [-0.39, 0.29) is 5.41 Å². The lowest BCUT2D eigenvalue weighted by molar-refractivity contribution is 0.751. The molecule has 126 valence electrons. The molecule has 3 aromatic carbocycles. The highest BCUT2D eigenvalue weighted by atomic mass is 14.5. The maximum atomic E-state index is 2.45. The Morgan fingerprint density at radius 2 is 1.50 bits per heavy atom. The predicted molar refractivity (Wildman–Crippen MR) is 109 cm³/mol. The van der Waals surface area contributed by atoms with E-state index < -0.39 is 0 Å². The number of aryl methyl sites for hydroxylation is 1. The molecule has 1 unspecified atom stereocenters. The highest BCUT2D eigenvalue weighted by Crippen LogP contribution is 2.57. The van der Waals surface area contributed by atoms with E-state index >= 15 is 0 Å². The third-order valence-electron chi connectivity index (χ3n) is 5.84. The molecule has 5 rings (SSSR count). The molecule has 0 bridgehead atoms. The first-order valence-corrected chi connectivity index (χ1v) is 9.45. The predicted octanol–water partition coefficient (Wildman–Crippen LogP) is 6.59. The Labute approximate surface area is 155 Å². The van der Waals surface area contributed by atoms with Crippen LogP contribution in [0.3, 0.4) is 0 Å². The van der Waals surface area contributed by atoms with Gasteiger partial charge in [-0.2, -0.15) is 0 Å². The van der Waals surface area contributed by atoms with Crippen LogP contribution in [0.1, 0.15) is 35.1 Å². The van der Waals surface area contributed by atoms with Crippen molar-refractivity contribution in [1.29, 1.82) is 0 Å². The fourth-order valence-electron chi connectivity index (χ4n) is 4.76. The van der Waals surface area contributed by atoms with E-state index in [4.69, 9.17) is 0 Å². The topological polar surface area (TPSA) is 0 Å². The van der Waals surface area contributed by atoms with Gasteiger partial charge in [0, 0.05) is 0 Å². The molecule has 0 amide bonds. The largest absolute Gasteiger partial charge is 0.0839 e. The molecule has 0 N–H and O–H groups in total. The van der Waals surface area contributed by atoms with E-state index in [0.29, 0.717) is 0 Å². The molecule has 0 nitrogen and oxygen atoms in total. The van der Waals surface area contributed by atoms with Gasteiger partial charge in [0.05, 0.1) is 5.41 Å². The highest BCUT2D eigenvalue weighted by Gasteiger charge is 2.46. The van der Waals surface area contributed by atoms with Gasteiger partial charge < -0.3 is 0 Å². The Balaban J connectivity index is 1.95. The summed E-state index contributed by atoms with van der Waals surface area (Å²) in [6.07, 6.45) is 9.38. The third kappa shape index (κ3) is 2.02. The van der Waals surface area contributed by atoms with Gasteiger partial charge in [-0.1, -0.05) is 96.6 Å². The minimum atomic E-state index is -0.212. The van der Waals surface area contributed by atoms with Gasteiger partial charge in [0.2, 0.25) is 0 Å². The fourth-order valence-corrected chi connectivity index (χ4v) is 4.76. The molecule has 2 aliphatic rings. The minimum absolute atomic E-state index is 0.212. The lowest BCUT2D eigenvalue weighted by Crippen LogP contribution is -2.29. The number of hydrogen-bond acceptors (Lipinski definition) is 0. The molecule has 3 aromatic rings. The average molecular weight is 334 g/mol. The zero-order chi connectivity index (χ0) is 17.6. The number of rotatable bonds is 2. The second-order valence-corrected chi connectivity index (χ2v) is 7.35. The summed E-state index contributed by atoms with van der Waals surface area (Å²) in [7, 11) is 0. The van der Waals surface area contributed by atoms with Gasteiger partial charge in [-0.15, -0.1) is 0 Å². The van der Waals surface area contributed by atoms with Gasteiger partial charge in [0.25, 0.3) is 0 Å². The van der Waals surface area contributed by atoms with E-state index in [1.165, 1.54) is 39.0 Å². The quantitative estimate of drug-likeness (QED) is 0.496. The van der Waals surface area contributed by atoms with E-state index in [1.807, 2.05) is 0 Å². The Bertz CT molecular complexity index is 1040. The van der Waals surface area contributed by atoms with E-state index in [1.54, 1.807) is 0 Å². The molecule has 0 spiro atoms. The molecule has 1 atom stereocenters. The molecule has 0 saturated carbocycles. The van der Waals surface area contributed by atoms with Gasteiger partial charge in [0.15, 0.2) is 0 Å². The Hall–Kier alpha value is -2.86. The van der Waals surface area contributed by atoms with Gasteiger partial charge in [-0.25, -0.2) is 0 Å². The van der Waals surface area contributed by atoms with Crippen molar-refractivity contribution < 1.29 is 0 Å². The SMILES string of the molecule is Cc1ccc2c(c1)C(C1=CCCC=C1)(c1ccccc1)c1ccccc1-2. The molecule has 0 radical (unpaired) electrons. The van der Waals surface area contributed by atoms with E-state index in [9.17, 15) is 0 Å². The number of hydrogen-bond donors (Lipinski definition) is 0. The summed E-state index contributed by atoms with van der Waals surface area (Å²) in [5.41, 5.74) is 9.43. The first-order valence-electron chi connectivity index (χ1n) is 9.45. The summed E-state index contributed by atoms with van der Waals surface area (Å²) in [6.45, 7) is 2.20. The summed E-state index contributed by atoms with van der Waals surface area (Å²) in [6, 6.07) is 26.9. The molecular formula is C26H22. The molecule has 0 heterocycles. The van der Waals surface area contributed by atoms with Crippen LogP contribution in [0.25, 0.3) is 11.1 Å². The van der Waals surface area contributed by atoms with Crippen molar-refractivity contribution in [3.8, 4) is 11.1 Å². The van der Waals surface area contributed by atoms with Gasteiger partial charge in [0.1, 0.15) is 0 Å². The molecule has 0 saturated heterocycles. The normalized spacial score (nSPS) is 20.4. The van der Waals surface area contributed by atoms with Crippen molar-refractivity contribution in [2.75, 3.05) is 0 Å². The van der Waals surface area contributed by atoms with Crippen LogP contribution in [0.4, 0.5) is 0 Å². The van der Waals surface area contributed by atoms with Crippen LogP contribution in [-0.4, -0.2) is 0 Å². The highest BCUT2D eigenvalue weighted by molar-refractivity contribution is 5.86. The monoisotopic (exact) mass is 334 g/mol. The van der Waals surface area contributed by atoms with Gasteiger partial charge in [-0.3, -0.25) is 0 Å². The Morgan fingerprint density at radius 1 is 0.731 bits per heavy atom. The second-order valence-electron chi connectivity index (χ2n) is 7.35. The van der Waals surface area contributed by atoms with Crippen LogP contribution < -0.4 is 0 Å². The maximum Gasteiger partial charge on any atom is 0.0710 e. The molecule has 0 aliphatic heterocycles. The summed E-state index contributed by atoms with van der Waals surface area (Å²) in [5, 5.41) is 0. The zero-order valence-corrected chi connectivity index (χ0v) is 15.1. The average Bonchev–Trinajstić information content (AvgIpc) is 3.00. The van der Waals surface area contributed by atoms with Crippen LogP contribution in [0.2, 0.25) is 0 Å². The molecular weight excluding hydrogens is 312 g/mol. The lowest BCUT2D eigenvalue weighted by atomic mass is 9.66. The summed E-state index contributed by atoms with van der Waals surface area (Å²) in [4.78, 5) is 0. The van der Waals surface area contributed by atoms with Gasteiger partial charge >= 0.3 is 0 Å². The van der Waals surface area contributed by atoms with E-state index in [2.05, 4.69) is 97.9 Å². The molecule has 0 aromatic heterocycles. The summed E-state index contributed by atoms with van der Waals surface area (Å²) in [5.74, 6) is 0. The smallest absolute Gasteiger partial charge is 0.0710 e.